The number of anilines is 1. The number of ether oxygens (including phenoxy) is 1. The molecule has 0 radical (unpaired) electrons. The molecule has 0 aliphatic carbocycles. The zero-order chi connectivity index (χ0) is 28.4. The first-order valence-electron chi connectivity index (χ1n) is 12.1. The first-order chi connectivity index (χ1) is 17.8. The number of nitro groups is 1. The fraction of sp³-hybridized carbons (Fsp3) is 0.440. The summed E-state index contributed by atoms with van der Waals surface area (Å²) >= 11 is 0. The Kier molecular flexibility index (Phi) is 8.62. The van der Waals surface area contributed by atoms with Crippen molar-refractivity contribution in [1.29, 1.82) is 0 Å². The minimum Gasteiger partial charge on any atom is -0.494 e. The molecule has 0 aromatic heterocycles. The van der Waals surface area contributed by atoms with Gasteiger partial charge in [0.05, 0.1) is 28.7 Å². The largest absolute Gasteiger partial charge is 0.494 e. The highest BCUT2D eigenvalue weighted by Gasteiger charge is 2.34. The minimum absolute atomic E-state index is 0.0821. The number of urea groups is 1. The standard InChI is InChI=1S/C25H33N5O7S/c1-14-15(2)17(4)23(18(5)16(14)3)38(35,36)29-11-9-19(10-12-29)24(31)27-28-25(32)26-21-8-7-20(30(33)34)13-22(21)37-6/h7-8,13,19H,9-12H2,1-6H3,(H,27,31)(H2,26,28,32). The highest BCUT2D eigenvalue weighted by Crippen LogP contribution is 2.33. The molecule has 0 bridgehead atoms. The van der Waals surface area contributed by atoms with E-state index in [9.17, 15) is 28.1 Å². The van der Waals surface area contributed by atoms with Gasteiger partial charge in [-0.3, -0.25) is 20.3 Å². The predicted molar refractivity (Wildman–Crippen MR) is 142 cm³/mol. The third-order valence-electron chi connectivity index (χ3n) is 7.30. The van der Waals surface area contributed by atoms with Gasteiger partial charge in [0, 0.05) is 25.1 Å². The first kappa shape index (κ1) is 28.9. The molecule has 1 fully saturated rings. The van der Waals surface area contributed by atoms with Gasteiger partial charge in [-0.15, -0.1) is 0 Å². The van der Waals surface area contributed by atoms with E-state index in [1.54, 1.807) is 0 Å². The summed E-state index contributed by atoms with van der Waals surface area (Å²) in [5.74, 6) is -0.847. The number of amides is 3. The van der Waals surface area contributed by atoms with E-state index in [1.807, 2.05) is 34.6 Å². The van der Waals surface area contributed by atoms with E-state index < -0.39 is 32.8 Å². The van der Waals surface area contributed by atoms with Crippen LogP contribution in [0.5, 0.6) is 5.75 Å². The topological polar surface area (TPSA) is 160 Å². The van der Waals surface area contributed by atoms with Crippen LogP contribution in [0.4, 0.5) is 16.2 Å². The number of non-ortho nitro benzene ring substituents is 1. The quantitative estimate of drug-likeness (QED) is 0.369. The molecule has 1 heterocycles. The zero-order valence-corrected chi connectivity index (χ0v) is 23.1. The number of piperidine rings is 1. The third-order valence-corrected chi connectivity index (χ3v) is 9.47. The number of hydrogen-bond acceptors (Lipinski definition) is 7. The molecule has 2 aromatic carbocycles. The summed E-state index contributed by atoms with van der Waals surface area (Å²) in [6.07, 6.45) is 0.596. The van der Waals surface area contributed by atoms with Crippen molar-refractivity contribution in [3.05, 3.63) is 56.1 Å². The van der Waals surface area contributed by atoms with E-state index in [-0.39, 0.29) is 30.2 Å². The lowest BCUT2D eigenvalue weighted by Gasteiger charge is -2.32. The second-order valence-corrected chi connectivity index (χ2v) is 11.2. The number of hydrazine groups is 1. The number of nitrogens with zero attached hydrogens (tertiary/aromatic N) is 2. The van der Waals surface area contributed by atoms with E-state index >= 15 is 0 Å². The van der Waals surface area contributed by atoms with Crippen LogP contribution in [0.25, 0.3) is 0 Å². The Morgan fingerprint density at radius 2 is 1.53 bits per heavy atom. The third kappa shape index (κ3) is 5.73. The average Bonchev–Trinajstić information content (AvgIpc) is 2.89. The molecule has 0 unspecified atom stereocenters. The monoisotopic (exact) mass is 547 g/mol. The summed E-state index contributed by atoms with van der Waals surface area (Å²) in [6, 6.07) is 2.91. The molecule has 0 atom stereocenters. The molecule has 3 rings (SSSR count). The normalized spacial score (nSPS) is 14.6. The summed E-state index contributed by atoms with van der Waals surface area (Å²) in [5, 5.41) is 13.4. The molecular weight excluding hydrogens is 514 g/mol. The molecule has 13 heteroatoms. The number of rotatable bonds is 6. The van der Waals surface area contributed by atoms with Crippen molar-refractivity contribution in [1.82, 2.24) is 15.2 Å². The maximum absolute atomic E-state index is 13.5. The van der Waals surface area contributed by atoms with Crippen LogP contribution in [0.3, 0.4) is 0 Å². The van der Waals surface area contributed by atoms with Crippen molar-refractivity contribution in [2.24, 2.45) is 5.92 Å². The maximum Gasteiger partial charge on any atom is 0.338 e. The number of carbonyl (C=O) groups is 2. The lowest BCUT2D eigenvalue weighted by molar-refractivity contribution is -0.384. The average molecular weight is 548 g/mol. The molecule has 3 amide bonds. The first-order valence-corrected chi connectivity index (χ1v) is 13.5. The molecule has 2 aromatic rings. The van der Waals surface area contributed by atoms with Crippen LogP contribution >= 0.6 is 0 Å². The van der Waals surface area contributed by atoms with Crippen molar-refractivity contribution in [3.63, 3.8) is 0 Å². The van der Waals surface area contributed by atoms with Crippen LogP contribution in [-0.2, 0) is 14.8 Å². The predicted octanol–water partition coefficient (Wildman–Crippen LogP) is 3.40. The Labute approximate surface area is 221 Å². The van der Waals surface area contributed by atoms with E-state index in [1.165, 1.54) is 23.5 Å². The molecule has 12 nitrogen and oxygen atoms in total. The van der Waals surface area contributed by atoms with Crippen LogP contribution in [0.1, 0.15) is 40.7 Å². The molecular formula is C25H33N5O7S. The van der Waals surface area contributed by atoms with Gasteiger partial charge in [0.15, 0.2) is 0 Å². The van der Waals surface area contributed by atoms with Gasteiger partial charge >= 0.3 is 6.03 Å². The summed E-state index contributed by atoms with van der Waals surface area (Å²) in [6.45, 7) is 9.84. The number of benzene rings is 2. The van der Waals surface area contributed by atoms with Crippen LogP contribution in [-0.4, -0.2) is 49.8 Å². The number of nitro benzene ring substituents is 1. The van der Waals surface area contributed by atoms with E-state index in [0.717, 1.165) is 33.9 Å². The summed E-state index contributed by atoms with van der Waals surface area (Å²) in [7, 11) is -2.44. The Balaban J connectivity index is 1.59. The van der Waals surface area contributed by atoms with Crippen LogP contribution < -0.4 is 20.9 Å². The van der Waals surface area contributed by atoms with Gasteiger partial charge in [-0.25, -0.2) is 18.6 Å². The van der Waals surface area contributed by atoms with E-state index in [0.29, 0.717) is 17.7 Å². The highest BCUT2D eigenvalue weighted by molar-refractivity contribution is 7.89. The number of hydrogen-bond donors (Lipinski definition) is 3. The lowest BCUT2D eigenvalue weighted by atomic mass is 9.95. The van der Waals surface area contributed by atoms with Gasteiger partial charge in [0.2, 0.25) is 15.9 Å². The molecule has 1 aliphatic rings. The van der Waals surface area contributed by atoms with Crippen molar-refractivity contribution >= 4 is 33.3 Å². The van der Waals surface area contributed by atoms with Crippen molar-refractivity contribution in [2.45, 2.75) is 52.4 Å². The fourth-order valence-corrected chi connectivity index (χ4v) is 6.64. The lowest BCUT2D eigenvalue weighted by Crippen LogP contribution is -2.49. The van der Waals surface area contributed by atoms with Crippen LogP contribution in [0.2, 0.25) is 0 Å². The Hall–Kier alpha value is -3.71. The van der Waals surface area contributed by atoms with Crippen molar-refractivity contribution < 1.29 is 27.7 Å². The van der Waals surface area contributed by atoms with Gasteiger partial charge in [-0.2, -0.15) is 4.31 Å². The molecule has 3 N–H and O–H groups in total. The molecule has 1 aliphatic heterocycles. The zero-order valence-electron chi connectivity index (χ0n) is 22.3. The van der Waals surface area contributed by atoms with Crippen molar-refractivity contribution in [2.75, 3.05) is 25.5 Å². The van der Waals surface area contributed by atoms with E-state index in [2.05, 4.69) is 16.2 Å². The number of sulfonamides is 1. The van der Waals surface area contributed by atoms with Gasteiger partial charge in [-0.05, 0) is 81.3 Å². The van der Waals surface area contributed by atoms with E-state index in [4.69, 9.17) is 4.74 Å². The van der Waals surface area contributed by atoms with Gasteiger partial charge in [0.1, 0.15) is 5.75 Å². The second-order valence-electron chi connectivity index (χ2n) is 9.34. The highest BCUT2D eigenvalue weighted by atomic mass is 32.2. The Bertz CT molecular complexity index is 1350. The summed E-state index contributed by atoms with van der Waals surface area (Å²) in [5.41, 5.74) is 9.04. The van der Waals surface area contributed by atoms with Crippen LogP contribution in [0, 0.1) is 50.7 Å². The molecule has 206 valence electrons. The van der Waals surface area contributed by atoms with Gasteiger partial charge in [-0.1, -0.05) is 0 Å². The number of methoxy groups -OCH3 is 1. The smallest absolute Gasteiger partial charge is 0.338 e. The summed E-state index contributed by atoms with van der Waals surface area (Å²) < 4.78 is 33.6. The van der Waals surface area contributed by atoms with Gasteiger partial charge < -0.3 is 10.1 Å². The number of nitrogens with one attached hydrogen (secondary N) is 3. The molecule has 0 spiro atoms. The summed E-state index contributed by atoms with van der Waals surface area (Å²) in [4.78, 5) is 35.6. The molecule has 38 heavy (non-hydrogen) atoms. The molecule has 1 saturated heterocycles. The Morgan fingerprint density at radius 1 is 0.974 bits per heavy atom. The SMILES string of the molecule is COc1cc([N+](=O)[O-])ccc1NC(=O)NNC(=O)C1CCN(S(=O)(=O)c2c(C)c(C)c(C)c(C)c2C)CC1. The second kappa shape index (κ2) is 11.4. The Morgan fingerprint density at radius 3 is 2.05 bits per heavy atom. The fourth-order valence-electron chi connectivity index (χ4n) is 4.61. The molecule has 0 saturated carbocycles. The maximum atomic E-state index is 13.5. The van der Waals surface area contributed by atoms with Crippen molar-refractivity contribution in [3.8, 4) is 5.75 Å². The number of carbonyl (C=O) groups excluding carboxylic acids is 2. The minimum atomic E-state index is -3.74. The van der Waals surface area contributed by atoms with Gasteiger partial charge in [0.25, 0.3) is 5.69 Å². The van der Waals surface area contributed by atoms with Crippen LogP contribution in [0.15, 0.2) is 23.1 Å².